The van der Waals surface area contributed by atoms with Crippen molar-refractivity contribution in [1.29, 1.82) is 0 Å². The lowest BCUT2D eigenvalue weighted by Gasteiger charge is -2.05. The van der Waals surface area contributed by atoms with Crippen LogP contribution in [0.5, 0.6) is 0 Å². The van der Waals surface area contributed by atoms with E-state index in [1.165, 1.54) is 11.8 Å². The van der Waals surface area contributed by atoms with Crippen LogP contribution < -0.4 is 11.1 Å². The number of hydrogen-bond acceptors (Lipinski definition) is 4. The third-order valence-electron chi connectivity index (χ3n) is 2.22. The van der Waals surface area contributed by atoms with E-state index in [4.69, 9.17) is 5.73 Å². The van der Waals surface area contributed by atoms with Gasteiger partial charge in [-0.2, -0.15) is 0 Å². The molecule has 19 heavy (non-hydrogen) atoms. The fourth-order valence-electron chi connectivity index (χ4n) is 1.38. The molecule has 0 fully saturated rings. The van der Waals surface area contributed by atoms with Crippen molar-refractivity contribution in [2.75, 3.05) is 16.8 Å². The van der Waals surface area contributed by atoms with Gasteiger partial charge in [0.05, 0.1) is 22.7 Å². The van der Waals surface area contributed by atoms with Gasteiger partial charge in [-0.15, -0.1) is 0 Å². The van der Waals surface area contributed by atoms with Gasteiger partial charge in [0, 0.05) is 10.2 Å². The zero-order chi connectivity index (χ0) is 13.7. The number of nitrogen functional groups attached to an aromatic ring is 1. The Morgan fingerprint density at radius 3 is 2.89 bits per heavy atom. The molecule has 0 atom stereocenters. The summed E-state index contributed by atoms with van der Waals surface area (Å²) in [5.41, 5.74) is 6.93. The van der Waals surface area contributed by atoms with Crippen molar-refractivity contribution in [1.82, 2.24) is 4.98 Å². The maximum atomic E-state index is 11.8. The molecule has 0 radical (unpaired) electrons. The second kappa shape index (κ2) is 6.58. The zero-order valence-electron chi connectivity index (χ0n) is 9.97. The molecule has 1 heterocycles. The molecule has 98 valence electrons. The van der Waals surface area contributed by atoms with Crippen LogP contribution in [0, 0.1) is 0 Å². The molecule has 0 aliphatic carbocycles. The van der Waals surface area contributed by atoms with Crippen molar-refractivity contribution < 1.29 is 4.79 Å². The van der Waals surface area contributed by atoms with E-state index in [0.29, 0.717) is 11.4 Å². The van der Waals surface area contributed by atoms with E-state index in [2.05, 4.69) is 26.2 Å². The van der Waals surface area contributed by atoms with Gasteiger partial charge in [0.2, 0.25) is 5.91 Å². The number of thioether (sulfide) groups is 1. The molecule has 1 aromatic heterocycles. The Bertz CT molecular complexity index is 574. The number of aromatic nitrogens is 1. The van der Waals surface area contributed by atoms with Crippen molar-refractivity contribution in [2.45, 2.75) is 5.03 Å². The lowest BCUT2D eigenvalue weighted by Crippen LogP contribution is -2.14. The van der Waals surface area contributed by atoms with Gasteiger partial charge in [0.1, 0.15) is 0 Å². The number of amides is 1. The van der Waals surface area contributed by atoms with E-state index in [0.717, 1.165) is 15.2 Å². The first kappa shape index (κ1) is 13.9. The minimum atomic E-state index is -0.0678. The largest absolute Gasteiger partial charge is 0.397 e. The second-order valence-corrected chi connectivity index (χ2v) is 5.69. The first-order valence-corrected chi connectivity index (χ1v) is 7.31. The second-order valence-electron chi connectivity index (χ2n) is 3.78. The number of nitrogens with two attached hydrogens (primary N) is 1. The Morgan fingerprint density at radius 2 is 2.21 bits per heavy atom. The Kier molecular flexibility index (Phi) is 4.81. The lowest BCUT2D eigenvalue weighted by atomic mass is 10.3. The number of anilines is 2. The fraction of sp³-hybridized carbons (Fsp3) is 0.0769. The highest BCUT2D eigenvalue weighted by Gasteiger charge is 2.04. The molecule has 1 amide bonds. The topological polar surface area (TPSA) is 68.0 Å². The Balaban J connectivity index is 1.86. The van der Waals surface area contributed by atoms with Gasteiger partial charge in [-0.1, -0.05) is 33.8 Å². The molecule has 6 heteroatoms. The molecule has 2 rings (SSSR count). The summed E-state index contributed by atoms with van der Waals surface area (Å²) in [6.07, 6.45) is 1.58. The molecule has 3 N–H and O–H groups in total. The highest BCUT2D eigenvalue weighted by molar-refractivity contribution is 9.10. The van der Waals surface area contributed by atoms with Crippen molar-refractivity contribution in [3.8, 4) is 0 Å². The van der Waals surface area contributed by atoms with Crippen LogP contribution in [0.15, 0.2) is 52.1 Å². The predicted octanol–water partition coefficient (Wildman–Crippen LogP) is 3.16. The van der Waals surface area contributed by atoms with Crippen LogP contribution in [-0.2, 0) is 4.79 Å². The van der Waals surface area contributed by atoms with Crippen molar-refractivity contribution >= 4 is 45.0 Å². The average molecular weight is 338 g/mol. The summed E-state index contributed by atoms with van der Waals surface area (Å²) in [6, 6.07) is 11.0. The average Bonchev–Trinajstić information content (AvgIpc) is 2.38. The molecule has 1 aromatic carbocycles. The summed E-state index contributed by atoms with van der Waals surface area (Å²) in [4.78, 5) is 15.9. The Morgan fingerprint density at radius 1 is 1.37 bits per heavy atom. The van der Waals surface area contributed by atoms with E-state index in [9.17, 15) is 4.79 Å². The van der Waals surface area contributed by atoms with E-state index in [1.807, 2.05) is 24.3 Å². The number of rotatable bonds is 4. The van der Waals surface area contributed by atoms with Crippen molar-refractivity contribution in [3.05, 3.63) is 47.1 Å². The van der Waals surface area contributed by atoms with Crippen molar-refractivity contribution in [3.63, 3.8) is 0 Å². The minimum Gasteiger partial charge on any atom is -0.397 e. The number of nitrogens with zero attached hydrogens (tertiary/aromatic N) is 1. The van der Waals surface area contributed by atoms with Gasteiger partial charge < -0.3 is 11.1 Å². The third kappa shape index (κ3) is 4.57. The lowest BCUT2D eigenvalue weighted by molar-refractivity contribution is -0.113. The predicted molar refractivity (Wildman–Crippen MR) is 82.1 cm³/mol. The van der Waals surface area contributed by atoms with E-state index >= 15 is 0 Å². The molecule has 0 saturated heterocycles. The molecule has 0 aliphatic rings. The number of hydrogen-bond donors (Lipinski definition) is 2. The Hall–Kier alpha value is -1.53. The number of carbonyl (C=O) groups is 1. The number of pyridine rings is 1. The van der Waals surface area contributed by atoms with Crippen LogP contribution >= 0.6 is 27.7 Å². The fourth-order valence-corrected chi connectivity index (χ4v) is 2.42. The summed E-state index contributed by atoms with van der Waals surface area (Å²) >= 11 is 4.73. The first-order chi connectivity index (χ1) is 9.13. The van der Waals surface area contributed by atoms with Crippen LogP contribution in [0.2, 0.25) is 0 Å². The van der Waals surface area contributed by atoms with Gasteiger partial charge in [-0.25, -0.2) is 4.98 Å². The van der Waals surface area contributed by atoms with Gasteiger partial charge in [0.15, 0.2) is 0 Å². The van der Waals surface area contributed by atoms with Gasteiger partial charge in [-0.3, -0.25) is 4.79 Å². The summed E-state index contributed by atoms with van der Waals surface area (Å²) in [5.74, 6) is 0.241. The summed E-state index contributed by atoms with van der Waals surface area (Å²) in [5, 5.41) is 3.60. The number of carbonyl (C=O) groups excluding carboxylic acids is 1. The number of nitrogens with one attached hydrogen (secondary N) is 1. The molecule has 0 saturated carbocycles. The van der Waals surface area contributed by atoms with E-state index in [-0.39, 0.29) is 5.91 Å². The summed E-state index contributed by atoms with van der Waals surface area (Å²) in [7, 11) is 0. The smallest absolute Gasteiger partial charge is 0.234 e. The van der Waals surface area contributed by atoms with Crippen LogP contribution in [0.1, 0.15) is 0 Å². The minimum absolute atomic E-state index is 0.0678. The first-order valence-electron chi connectivity index (χ1n) is 5.53. The molecule has 2 aromatic rings. The molecule has 0 unspecified atom stereocenters. The number of halogens is 1. The molecular weight excluding hydrogens is 326 g/mol. The summed E-state index contributed by atoms with van der Waals surface area (Å²) in [6.45, 7) is 0. The third-order valence-corrected chi connectivity index (χ3v) is 3.66. The normalized spacial score (nSPS) is 10.2. The van der Waals surface area contributed by atoms with Crippen LogP contribution in [0.25, 0.3) is 0 Å². The van der Waals surface area contributed by atoms with E-state index in [1.54, 1.807) is 18.3 Å². The Labute approximate surface area is 123 Å². The zero-order valence-corrected chi connectivity index (χ0v) is 12.4. The van der Waals surface area contributed by atoms with Gasteiger partial charge in [-0.05, 0) is 30.3 Å². The van der Waals surface area contributed by atoms with E-state index < -0.39 is 0 Å². The quantitative estimate of drug-likeness (QED) is 0.841. The highest BCUT2D eigenvalue weighted by atomic mass is 79.9. The molecule has 0 bridgehead atoms. The van der Waals surface area contributed by atoms with Gasteiger partial charge in [0.25, 0.3) is 0 Å². The van der Waals surface area contributed by atoms with Crippen LogP contribution in [0.3, 0.4) is 0 Å². The maximum Gasteiger partial charge on any atom is 0.234 e. The maximum absolute atomic E-state index is 11.8. The van der Waals surface area contributed by atoms with Gasteiger partial charge >= 0.3 is 0 Å². The molecule has 4 nitrogen and oxygen atoms in total. The van der Waals surface area contributed by atoms with Crippen molar-refractivity contribution in [2.24, 2.45) is 0 Å². The summed E-state index contributed by atoms with van der Waals surface area (Å²) < 4.78 is 0.929. The molecule has 0 aliphatic heterocycles. The molecule has 0 spiro atoms. The highest BCUT2D eigenvalue weighted by Crippen LogP contribution is 2.18. The SMILES string of the molecule is Nc1ccc(SCC(=O)Nc2cccc(Br)c2)nc1. The number of benzene rings is 1. The standard InChI is InChI=1S/C13H12BrN3OS/c14-9-2-1-3-11(6-9)17-12(18)8-19-13-5-4-10(15)7-16-13/h1-7H,8,15H2,(H,17,18). The molecular formula is C13H12BrN3OS. The van der Waals surface area contributed by atoms with Crippen LogP contribution in [-0.4, -0.2) is 16.6 Å². The monoisotopic (exact) mass is 337 g/mol. The van der Waals surface area contributed by atoms with Crippen LogP contribution in [0.4, 0.5) is 11.4 Å².